The summed E-state index contributed by atoms with van der Waals surface area (Å²) >= 11 is 0. The number of aryl methyl sites for hydroxylation is 2. The Kier molecular flexibility index (Phi) is 18.3. The molecule has 0 N–H and O–H groups in total. The Bertz CT molecular complexity index is 1180. The van der Waals surface area contributed by atoms with Crippen LogP contribution in [-0.4, -0.2) is 4.98 Å². The van der Waals surface area contributed by atoms with Gasteiger partial charge in [-0.3, -0.25) is 4.98 Å². The summed E-state index contributed by atoms with van der Waals surface area (Å²) in [5.41, 5.74) is 6.69. The van der Waals surface area contributed by atoms with E-state index < -0.39 is 0 Å². The molecule has 3 rings (SSSR count). The average Bonchev–Trinajstić information content (AvgIpc) is 2.93. The van der Waals surface area contributed by atoms with Crippen LogP contribution >= 0.6 is 0 Å². The summed E-state index contributed by atoms with van der Waals surface area (Å²) in [6, 6.07) is 20.6. The molecule has 1 unspecified atom stereocenters. The molecule has 0 saturated heterocycles. The molecule has 3 aromatic rings. The molecular formula is C35H45FN2. The van der Waals surface area contributed by atoms with E-state index in [1.165, 1.54) is 6.07 Å². The average molecular weight is 513 g/mol. The first-order valence-corrected chi connectivity index (χ1v) is 13.4. The molecule has 0 amide bonds. The first kappa shape index (κ1) is 34.2. The van der Waals surface area contributed by atoms with E-state index in [1.54, 1.807) is 12.1 Å². The Morgan fingerprint density at radius 1 is 1.05 bits per heavy atom. The highest BCUT2D eigenvalue weighted by molar-refractivity contribution is 5.67. The molecule has 0 fully saturated rings. The van der Waals surface area contributed by atoms with Crippen molar-refractivity contribution >= 4 is 0 Å². The fourth-order valence-corrected chi connectivity index (χ4v) is 3.59. The molecule has 1 atom stereocenters. The lowest BCUT2D eigenvalue weighted by Crippen LogP contribution is -2.02. The number of rotatable bonds is 7. The minimum absolute atomic E-state index is 0.133. The fourth-order valence-electron chi connectivity index (χ4n) is 3.59. The predicted octanol–water partition coefficient (Wildman–Crippen LogP) is 10.6. The summed E-state index contributed by atoms with van der Waals surface area (Å²) < 4.78 is 12.5. The molecule has 0 aliphatic carbocycles. The van der Waals surface area contributed by atoms with Crippen molar-refractivity contribution in [3.8, 4) is 17.3 Å². The van der Waals surface area contributed by atoms with Crippen molar-refractivity contribution in [3.63, 3.8) is 0 Å². The van der Waals surface area contributed by atoms with Crippen molar-refractivity contribution in [3.05, 3.63) is 126 Å². The molecule has 1 heterocycles. The fraction of sp³-hybridized carbons (Fsp3) is 0.314. The lowest BCUT2D eigenvalue weighted by Gasteiger charge is -2.16. The van der Waals surface area contributed by atoms with Crippen LogP contribution in [0, 0.1) is 24.1 Å². The zero-order valence-corrected chi connectivity index (χ0v) is 24.4. The van der Waals surface area contributed by atoms with E-state index in [0.29, 0.717) is 5.56 Å². The highest BCUT2D eigenvalue weighted by Crippen LogP contribution is 2.29. The van der Waals surface area contributed by atoms with Crippen LogP contribution in [0.2, 0.25) is 0 Å². The van der Waals surface area contributed by atoms with Gasteiger partial charge in [-0.15, -0.1) is 13.2 Å². The monoisotopic (exact) mass is 512 g/mol. The summed E-state index contributed by atoms with van der Waals surface area (Å²) in [5.74, 6) is 0.0937. The van der Waals surface area contributed by atoms with Crippen molar-refractivity contribution in [2.45, 2.75) is 73.6 Å². The van der Waals surface area contributed by atoms with Crippen LogP contribution < -0.4 is 0 Å². The lowest BCUT2D eigenvalue weighted by atomic mass is 9.91. The molecule has 202 valence electrons. The van der Waals surface area contributed by atoms with Crippen LogP contribution in [-0.2, 0) is 6.42 Å². The maximum atomic E-state index is 12.5. The van der Waals surface area contributed by atoms with Crippen LogP contribution in [0.1, 0.15) is 82.7 Å². The molecule has 3 heteroatoms. The number of benzene rings is 2. The molecule has 38 heavy (non-hydrogen) atoms. The van der Waals surface area contributed by atoms with Gasteiger partial charge in [0.05, 0.1) is 17.3 Å². The second-order valence-electron chi connectivity index (χ2n) is 8.58. The number of aromatic nitrogens is 1. The Hall–Kier alpha value is -3.77. The molecule has 0 aliphatic heterocycles. The van der Waals surface area contributed by atoms with Gasteiger partial charge in [0.2, 0.25) is 0 Å². The van der Waals surface area contributed by atoms with Crippen LogP contribution in [0.15, 0.2) is 97.6 Å². The molecule has 1 aromatic heterocycles. The largest absolute Gasteiger partial charge is 0.253 e. The smallest absolute Gasteiger partial charge is 0.123 e. The van der Waals surface area contributed by atoms with E-state index in [9.17, 15) is 9.65 Å². The van der Waals surface area contributed by atoms with Crippen LogP contribution in [0.4, 0.5) is 4.39 Å². The molecule has 0 bridgehead atoms. The topological polar surface area (TPSA) is 36.7 Å². The molecule has 0 radical (unpaired) electrons. The Labute approximate surface area is 231 Å². The van der Waals surface area contributed by atoms with Gasteiger partial charge in [0, 0.05) is 17.2 Å². The highest BCUT2D eigenvalue weighted by Gasteiger charge is 2.13. The number of hydrogen-bond acceptors (Lipinski definition) is 2. The van der Waals surface area contributed by atoms with Gasteiger partial charge in [0.15, 0.2) is 0 Å². The van der Waals surface area contributed by atoms with Gasteiger partial charge < -0.3 is 0 Å². The maximum absolute atomic E-state index is 12.5. The molecule has 0 spiro atoms. The summed E-state index contributed by atoms with van der Waals surface area (Å²) in [7, 11) is 0. The second-order valence-corrected chi connectivity index (χ2v) is 8.58. The zero-order valence-electron chi connectivity index (χ0n) is 24.4. The van der Waals surface area contributed by atoms with E-state index in [2.05, 4.69) is 32.2 Å². The van der Waals surface area contributed by atoms with E-state index in [0.717, 1.165) is 52.9 Å². The van der Waals surface area contributed by atoms with E-state index in [1.807, 2.05) is 96.2 Å². The molecule has 2 aromatic carbocycles. The first-order valence-electron chi connectivity index (χ1n) is 13.4. The van der Waals surface area contributed by atoms with E-state index >= 15 is 0 Å². The summed E-state index contributed by atoms with van der Waals surface area (Å²) in [6.45, 7) is 22.0. The third-order valence-corrected chi connectivity index (χ3v) is 5.46. The number of allylic oxidation sites excluding steroid dienone is 4. The molecule has 0 aliphatic rings. The Balaban J connectivity index is 0.000000707. The van der Waals surface area contributed by atoms with Crippen molar-refractivity contribution in [2.24, 2.45) is 0 Å². The lowest BCUT2D eigenvalue weighted by molar-refractivity contribution is 0.625. The molecule has 2 nitrogen and oxygen atoms in total. The molecular weight excluding hydrogens is 467 g/mol. The summed E-state index contributed by atoms with van der Waals surface area (Å²) in [5, 5.41) is 9.23. The van der Waals surface area contributed by atoms with Crippen molar-refractivity contribution in [1.82, 2.24) is 4.98 Å². The standard InChI is InChI=1S/C20H20N2.C9H11F.C4H8.C2H6/c1-5-16(12-14(2)3)18-10-11-20(22-15(18)4)19-9-7-6-8-17(19)13-21;1-2-4-8-5-3-6-9(10)7-8;1-3-4-2;1-2/h5-11,16H,1-2,12H2,3-4H3;3,5-7H,2,4H2,1H3;3-4H,1-2H3;1-2H3/b;;4-3-;. The van der Waals surface area contributed by atoms with Gasteiger partial charge in [-0.25, -0.2) is 4.39 Å². The number of halogens is 1. The number of nitrogens with zero attached hydrogens (tertiary/aromatic N) is 2. The third kappa shape index (κ3) is 12.5. The van der Waals surface area contributed by atoms with Gasteiger partial charge in [0.25, 0.3) is 0 Å². The number of hydrogen-bond donors (Lipinski definition) is 0. The first-order chi connectivity index (χ1) is 18.3. The SMILES string of the molecule is C/C=C\C.C=CC(CC(=C)C)c1ccc(-c2ccccc2C#N)nc1C.CC.CCCc1cccc(F)c1. The minimum Gasteiger partial charge on any atom is -0.253 e. The zero-order chi connectivity index (χ0) is 28.9. The second kappa shape index (κ2) is 20.3. The summed E-state index contributed by atoms with van der Waals surface area (Å²) in [4.78, 5) is 4.70. The number of nitriles is 1. The Morgan fingerprint density at radius 3 is 2.21 bits per heavy atom. The van der Waals surface area contributed by atoms with E-state index in [-0.39, 0.29) is 11.7 Å². The van der Waals surface area contributed by atoms with Crippen LogP contribution in [0.3, 0.4) is 0 Å². The van der Waals surface area contributed by atoms with Crippen LogP contribution in [0.25, 0.3) is 11.3 Å². The summed E-state index contributed by atoms with van der Waals surface area (Å²) in [6.07, 6.45) is 8.86. The van der Waals surface area contributed by atoms with Crippen molar-refractivity contribution in [2.75, 3.05) is 0 Å². The maximum Gasteiger partial charge on any atom is 0.123 e. The van der Waals surface area contributed by atoms with Crippen molar-refractivity contribution < 1.29 is 4.39 Å². The highest BCUT2D eigenvalue weighted by atomic mass is 19.1. The quantitative estimate of drug-likeness (QED) is 0.295. The van der Waals surface area contributed by atoms with Crippen LogP contribution in [0.5, 0.6) is 0 Å². The van der Waals surface area contributed by atoms with Gasteiger partial charge in [-0.1, -0.05) is 87.4 Å². The number of pyridine rings is 1. The minimum atomic E-state index is -0.133. The van der Waals surface area contributed by atoms with Crippen molar-refractivity contribution in [1.29, 1.82) is 5.26 Å². The van der Waals surface area contributed by atoms with E-state index in [4.69, 9.17) is 4.98 Å². The predicted molar refractivity (Wildman–Crippen MR) is 164 cm³/mol. The Morgan fingerprint density at radius 2 is 1.71 bits per heavy atom. The molecule has 0 saturated carbocycles. The van der Waals surface area contributed by atoms with Gasteiger partial charge >= 0.3 is 0 Å². The third-order valence-electron chi connectivity index (χ3n) is 5.46. The van der Waals surface area contributed by atoms with Gasteiger partial charge in [-0.2, -0.15) is 5.26 Å². The normalized spacial score (nSPS) is 10.4. The van der Waals surface area contributed by atoms with Gasteiger partial charge in [0.1, 0.15) is 5.82 Å². The van der Waals surface area contributed by atoms with Gasteiger partial charge in [-0.05, 0) is 75.9 Å².